The molecule has 98 valence electrons. The second-order valence-corrected chi connectivity index (χ2v) is 5.69. The summed E-state index contributed by atoms with van der Waals surface area (Å²) in [5.74, 6) is 0.751. The van der Waals surface area contributed by atoms with Gasteiger partial charge in [-0.15, -0.1) is 23.2 Å². The Hall–Kier alpha value is 0.580. The number of hydrogen-bond acceptors (Lipinski definition) is 0. The van der Waals surface area contributed by atoms with Crippen molar-refractivity contribution in [3.05, 3.63) is 0 Å². The molecule has 0 aliphatic rings. The molecular formula is C14H28Cl2. The molecule has 0 fully saturated rings. The van der Waals surface area contributed by atoms with Gasteiger partial charge in [-0.3, -0.25) is 0 Å². The molecule has 0 N–H and O–H groups in total. The molecule has 1 unspecified atom stereocenters. The first kappa shape index (κ1) is 16.6. The Morgan fingerprint density at radius 3 is 1.81 bits per heavy atom. The molecule has 0 amide bonds. The van der Waals surface area contributed by atoms with Crippen LogP contribution < -0.4 is 0 Å². The Labute approximate surface area is 112 Å². The first-order chi connectivity index (χ1) is 7.81. The van der Waals surface area contributed by atoms with E-state index in [1.165, 1.54) is 57.8 Å². The summed E-state index contributed by atoms with van der Waals surface area (Å²) in [6.45, 7) is 2.27. The first-order valence-corrected chi connectivity index (χ1v) is 7.98. The van der Waals surface area contributed by atoms with Gasteiger partial charge in [0.2, 0.25) is 0 Å². The maximum absolute atomic E-state index is 6.18. The molecule has 0 radical (unpaired) electrons. The molecule has 16 heavy (non-hydrogen) atoms. The lowest BCUT2D eigenvalue weighted by atomic mass is 10.1. The molecule has 2 heteroatoms. The highest BCUT2D eigenvalue weighted by Gasteiger charge is 2.03. The fourth-order valence-electron chi connectivity index (χ4n) is 1.94. The van der Waals surface area contributed by atoms with E-state index in [0.717, 1.165) is 18.7 Å². The van der Waals surface area contributed by atoms with Gasteiger partial charge in [0.1, 0.15) is 0 Å². The van der Waals surface area contributed by atoms with Crippen molar-refractivity contribution in [1.29, 1.82) is 0 Å². The minimum absolute atomic E-state index is 0.360. The zero-order chi connectivity index (χ0) is 12.1. The van der Waals surface area contributed by atoms with E-state index in [-0.39, 0.29) is 0 Å². The first-order valence-electron chi connectivity index (χ1n) is 7.01. The Bertz CT molecular complexity index is 126. The Morgan fingerprint density at radius 2 is 1.25 bits per heavy atom. The highest BCUT2D eigenvalue weighted by Crippen LogP contribution is 2.16. The SMILES string of the molecule is CCCCCCCCCCC(Cl)CCCCl. The largest absolute Gasteiger partial charge is 0.127 e. The molecule has 0 aromatic carbocycles. The van der Waals surface area contributed by atoms with Crippen LogP contribution in [0, 0.1) is 0 Å². The Balaban J connectivity index is 3.02. The zero-order valence-corrected chi connectivity index (χ0v) is 12.3. The van der Waals surface area contributed by atoms with Crippen molar-refractivity contribution < 1.29 is 0 Å². The summed E-state index contributed by atoms with van der Waals surface area (Å²) in [4.78, 5) is 0. The molecule has 0 rings (SSSR count). The summed E-state index contributed by atoms with van der Waals surface area (Å²) in [7, 11) is 0. The van der Waals surface area contributed by atoms with Crippen molar-refractivity contribution in [2.75, 3.05) is 5.88 Å². The number of hydrogen-bond donors (Lipinski definition) is 0. The fourth-order valence-corrected chi connectivity index (χ4v) is 2.41. The van der Waals surface area contributed by atoms with Crippen LogP contribution in [-0.4, -0.2) is 11.3 Å². The molecule has 0 bridgehead atoms. The lowest BCUT2D eigenvalue weighted by Crippen LogP contribution is -1.98. The van der Waals surface area contributed by atoms with Gasteiger partial charge in [-0.05, 0) is 19.3 Å². The standard InChI is InChI=1S/C14H28Cl2/c1-2-3-4-5-6-7-8-9-11-14(16)12-10-13-15/h14H,2-13H2,1H3. The summed E-state index contributed by atoms with van der Waals surface area (Å²) in [6, 6.07) is 0. The normalized spacial score (nSPS) is 12.9. The topological polar surface area (TPSA) is 0 Å². The summed E-state index contributed by atoms with van der Waals surface area (Å²) in [5, 5.41) is 0.360. The van der Waals surface area contributed by atoms with Crippen LogP contribution in [0.5, 0.6) is 0 Å². The third kappa shape index (κ3) is 12.6. The summed E-state index contributed by atoms with van der Waals surface area (Å²) in [5.41, 5.74) is 0. The van der Waals surface area contributed by atoms with E-state index >= 15 is 0 Å². The van der Waals surface area contributed by atoms with Gasteiger partial charge in [0.15, 0.2) is 0 Å². The fraction of sp³-hybridized carbons (Fsp3) is 1.00. The van der Waals surface area contributed by atoms with Crippen LogP contribution in [-0.2, 0) is 0 Å². The van der Waals surface area contributed by atoms with Gasteiger partial charge >= 0.3 is 0 Å². The van der Waals surface area contributed by atoms with E-state index in [9.17, 15) is 0 Å². The molecule has 0 spiro atoms. The van der Waals surface area contributed by atoms with Crippen LogP contribution >= 0.6 is 23.2 Å². The van der Waals surface area contributed by atoms with E-state index in [4.69, 9.17) is 23.2 Å². The molecule has 1 atom stereocenters. The maximum atomic E-state index is 6.18. The van der Waals surface area contributed by atoms with Crippen LogP contribution in [0.15, 0.2) is 0 Å². The van der Waals surface area contributed by atoms with E-state index < -0.39 is 0 Å². The molecule has 0 aliphatic carbocycles. The number of alkyl halides is 2. The summed E-state index contributed by atoms with van der Waals surface area (Å²) >= 11 is 11.8. The molecule has 0 nitrogen and oxygen atoms in total. The van der Waals surface area contributed by atoms with Gasteiger partial charge in [-0.2, -0.15) is 0 Å². The van der Waals surface area contributed by atoms with E-state index in [2.05, 4.69) is 6.92 Å². The lowest BCUT2D eigenvalue weighted by Gasteiger charge is -2.07. The molecule has 0 heterocycles. The predicted molar refractivity (Wildman–Crippen MR) is 76.8 cm³/mol. The van der Waals surface area contributed by atoms with Crippen LogP contribution in [0.25, 0.3) is 0 Å². The van der Waals surface area contributed by atoms with E-state index in [1.54, 1.807) is 0 Å². The van der Waals surface area contributed by atoms with Gasteiger partial charge in [-0.25, -0.2) is 0 Å². The van der Waals surface area contributed by atoms with E-state index in [1.807, 2.05) is 0 Å². The van der Waals surface area contributed by atoms with Gasteiger partial charge in [0, 0.05) is 11.3 Å². The predicted octanol–water partition coefficient (Wildman–Crippen LogP) is 6.14. The van der Waals surface area contributed by atoms with Crippen LogP contribution in [0.4, 0.5) is 0 Å². The molecular weight excluding hydrogens is 239 g/mol. The number of halogens is 2. The van der Waals surface area contributed by atoms with Crippen molar-refractivity contribution in [3.8, 4) is 0 Å². The zero-order valence-electron chi connectivity index (χ0n) is 10.8. The van der Waals surface area contributed by atoms with Crippen LogP contribution in [0.2, 0.25) is 0 Å². The van der Waals surface area contributed by atoms with Gasteiger partial charge in [0.05, 0.1) is 0 Å². The molecule has 0 saturated heterocycles. The minimum Gasteiger partial charge on any atom is -0.127 e. The quantitative estimate of drug-likeness (QED) is 0.294. The Kier molecular flexibility index (Phi) is 14.1. The molecule has 0 aromatic rings. The second kappa shape index (κ2) is 13.6. The lowest BCUT2D eigenvalue weighted by molar-refractivity contribution is 0.551. The number of unbranched alkanes of at least 4 members (excludes halogenated alkanes) is 7. The molecule has 0 saturated carbocycles. The average molecular weight is 267 g/mol. The molecule has 0 aromatic heterocycles. The van der Waals surface area contributed by atoms with Crippen molar-refractivity contribution in [2.24, 2.45) is 0 Å². The maximum Gasteiger partial charge on any atom is 0.0336 e. The summed E-state index contributed by atoms with van der Waals surface area (Å²) in [6.07, 6.45) is 14.4. The third-order valence-electron chi connectivity index (χ3n) is 3.02. The number of rotatable bonds is 12. The van der Waals surface area contributed by atoms with Crippen molar-refractivity contribution >= 4 is 23.2 Å². The average Bonchev–Trinajstić information content (AvgIpc) is 2.30. The summed E-state index contributed by atoms with van der Waals surface area (Å²) < 4.78 is 0. The Morgan fingerprint density at radius 1 is 0.750 bits per heavy atom. The van der Waals surface area contributed by atoms with Crippen molar-refractivity contribution in [3.63, 3.8) is 0 Å². The highest BCUT2D eigenvalue weighted by atomic mass is 35.5. The third-order valence-corrected chi connectivity index (χ3v) is 3.73. The second-order valence-electron chi connectivity index (χ2n) is 4.69. The van der Waals surface area contributed by atoms with Crippen molar-refractivity contribution in [2.45, 2.75) is 82.9 Å². The van der Waals surface area contributed by atoms with Gasteiger partial charge < -0.3 is 0 Å². The van der Waals surface area contributed by atoms with Crippen molar-refractivity contribution in [1.82, 2.24) is 0 Å². The monoisotopic (exact) mass is 266 g/mol. The minimum atomic E-state index is 0.360. The van der Waals surface area contributed by atoms with Crippen LogP contribution in [0.3, 0.4) is 0 Å². The van der Waals surface area contributed by atoms with E-state index in [0.29, 0.717) is 5.38 Å². The van der Waals surface area contributed by atoms with Gasteiger partial charge in [-0.1, -0.05) is 58.3 Å². The van der Waals surface area contributed by atoms with Gasteiger partial charge in [0.25, 0.3) is 0 Å². The highest BCUT2D eigenvalue weighted by molar-refractivity contribution is 6.20. The molecule has 0 aliphatic heterocycles. The smallest absolute Gasteiger partial charge is 0.0336 e. The van der Waals surface area contributed by atoms with Crippen LogP contribution in [0.1, 0.15) is 77.6 Å².